The van der Waals surface area contributed by atoms with Crippen LogP contribution < -0.4 is 5.73 Å². The van der Waals surface area contributed by atoms with E-state index < -0.39 is 0 Å². The molecule has 6 nitrogen and oxygen atoms in total. The molecule has 0 saturated carbocycles. The van der Waals surface area contributed by atoms with Crippen molar-refractivity contribution in [2.24, 2.45) is 11.1 Å². The molecule has 6 heteroatoms. The van der Waals surface area contributed by atoms with Crippen LogP contribution in [0.2, 0.25) is 0 Å². The van der Waals surface area contributed by atoms with Gasteiger partial charge in [0.2, 0.25) is 11.7 Å². The summed E-state index contributed by atoms with van der Waals surface area (Å²) in [6, 6.07) is -0.302. The quantitative estimate of drug-likeness (QED) is 0.837. The Hall–Kier alpha value is -0.980. The molecule has 1 aromatic rings. The molecular weight excluding hydrogens is 234 g/mol. The molecule has 18 heavy (non-hydrogen) atoms. The first-order chi connectivity index (χ1) is 8.40. The van der Waals surface area contributed by atoms with Crippen LogP contribution in [-0.2, 0) is 9.47 Å². The summed E-state index contributed by atoms with van der Waals surface area (Å²) in [7, 11) is 3.27. The van der Waals surface area contributed by atoms with Gasteiger partial charge in [-0.2, -0.15) is 4.98 Å². The van der Waals surface area contributed by atoms with Gasteiger partial charge in [-0.3, -0.25) is 0 Å². The van der Waals surface area contributed by atoms with Crippen molar-refractivity contribution in [1.29, 1.82) is 0 Å². The minimum Gasteiger partial charge on any atom is -0.385 e. The van der Waals surface area contributed by atoms with E-state index in [2.05, 4.69) is 30.9 Å². The molecule has 0 bridgehead atoms. The van der Waals surface area contributed by atoms with Crippen LogP contribution in [0.4, 0.5) is 0 Å². The molecule has 0 spiro atoms. The van der Waals surface area contributed by atoms with Crippen LogP contribution in [0.5, 0.6) is 0 Å². The molecule has 1 heterocycles. The zero-order valence-electron chi connectivity index (χ0n) is 11.8. The summed E-state index contributed by atoms with van der Waals surface area (Å²) in [5.41, 5.74) is 5.82. The topological polar surface area (TPSA) is 83.4 Å². The fourth-order valence-electron chi connectivity index (χ4n) is 1.72. The Morgan fingerprint density at radius 3 is 2.50 bits per heavy atom. The Morgan fingerprint density at radius 1 is 1.33 bits per heavy atom. The van der Waals surface area contributed by atoms with Gasteiger partial charge in [-0.25, -0.2) is 0 Å². The molecule has 0 aliphatic rings. The summed E-state index contributed by atoms with van der Waals surface area (Å²) in [6.45, 7) is 6.73. The Balaban J connectivity index is 2.78. The van der Waals surface area contributed by atoms with Gasteiger partial charge in [0.1, 0.15) is 6.10 Å². The van der Waals surface area contributed by atoms with Crippen molar-refractivity contribution in [3.05, 3.63) is 11.7 Å². The van der Waals surface area contributed by atoms with Crippen LogP contribution in [-0.4, -0.2) is 31.0 Å². The van der Waals surface area contributed by atoms with E-state index in [0.29, 0.717) is 24.7 Å². The predicted octanol–water partition coefficient (Wildman–Crippen LogP) is 1.84. The van der Waals surface area contributed by atoms with Gasteiger partial charge in [-0.15, -0.1) is 0 Å². The third kappa shape index (κ3) is 3.76. The summed E-state index contributed by atoms with van der Waals surface area (Å²) >= 11 is 0. The molecule has 2 unspecified atom stereocenters. The normalized spacial score (nSPS) is 15.7. The minimum atomic E-state index is -0.302. The Labute approximate surface area is 108 Å². The van der Waals surface area contributed by atoms with Crippen molar-refractivity contribution >= 4 is 0 Å². The molecule has 2 atom stereocenters. The highest BCUT2D eigenvalue weighted by Gasteiger charge is 2.31. The molecule has 0 radical (unpaired) electrons. The lowest BCUT2D eigenvalue weighted by atomic mass is 9.88. The molecule has 0 amide bonds. The Morgan fingerprint density at radius 2 is 2.00 bits per heavy atom. The number of ether oxygens (including phenoxy) is 2. The van der Waals surface area contributed by atoms with Crippen molar-refractivity contribution in [3.63, 3.8) is 0 Å². The van der Waals surface area contributed by atoms with Crippen molar-refractivity contribution in [2.75, 3.05) is 20.8 Å². The fraction of sp³-hybridized carbons (Fsp3) is 0.833. The minimum absolute atomic E-state index is 0.105. The van der Waals surface area contributed by atoms with E-state index in [1.807, 2.05) is 0 Å². The molecule has 104 valence electrons. The number of hydrogen-bond donors (Lipinski definition) is 1. The SMILES string of the molecule is COCCC(N)c1nc(C(OC)C(C)(C)C)no1. The van der Waals surface area contributed by atoms with Crippen molar-refractivity contribution in [3.8, 4) is 0 Å². The van der Waals surface area contributed by atoms with Gasteiger partial charge in [0.25, 0.3) is 0 Å². The van der Waals surface area contributed by atoms with Crippen LogP contribution in [0, 0.1) is 5.41 Å². The number of methoxy groups -OCH3 is 2. The highest BCUT2D eigenvalue weighted by Crippen LogP contribution is 2.34. The molecule has 0 aliphatic heterocycles. The van der Waals surface area contributed by atoms with Crippen LogP contribution in [0.25, 0.3) is 0 Å². The molecule has 0 saturated heterocycles. The smallest absolute Gasteiger partial charge is 0.243 e. The maximum absolute atomic E-state index is 5.93. The molecular formula is C12H23N3O3. The van der Waals surface area contributed by atoms with Gasteiger partial charge in [-0.1, -0.05) is 25.9 Å². The molecule has 0 aliphatic carbocycles. The van der Waals surface area contributed by atoms with E-state index >= 15 is 0 Å². The number of nitrogens with two attached hydrogens (primary N) is 1. The molecule has 0 aromatic carbocycles. The van der Waals surface area contributed by atoms with E-state index in [1.165, 1.54) is 0 Å². The second-order valence-corrected chi connectivity index (χ2v) is 5.36. The molecule has 1 rings (SSSR count). The highest BCUT2D eigenvalue weighted by molar-refractivity contribution is 4.98. The Bertz CT molecular complexity index is 360. The second-order valence-electron chi connectivity index (χ2n) is 5.36. The zero-order chi connectivity index (χ0) is 13.8. The number of nitrogens with zero attached hydrogens (tertiary/aromatic N) is 2. The lowest BCUT2D eigenvalue weighted by molar-refractivity contribution is 0.00718. The maximum atomic E-state index is 5.93. The van der Waals surface area contributed by atoms with Gasteiger partial charge in [0.05, 0.1) is 6.04 Å². The van der Waals surface area contributed by atoms with E-state index in [1.54, 1.807) is 14.2 Å². The van der Waals surface area contributed by atoms with Gasteiger partial charge in [0.15, 0.2) is 0 Å². The van der Waals surface area contributed by atoms with E-state index in [0.717, 1.165) is 0 Å². The summed E-state index contributed by atoms with van der Waals surface area (Å²) in [5, 5.41) is 3.95. The van der Waals surface area contributed by atoms with Gasteiger partial charge >= 0.3 is 0 Å². The van der Waals surface area contributed by atoms with Gasteiger partial charge < -0.3 is 19.7 Å². The van der Waals surface area contributed by atoms with Crippen molar-refractivity contribution < 1.29 is 14.0 Å². The summed E-state index contributed by atoms with van der Waals surface area (Å²) in [5.74, 6) is 0.959. The average Bonchev–Trinajstić information content (AvgIpc) is 2.74. The van der Waals surface area contributed by atoms with Crippen LogP contribution in [0.1, 0.15) is 51.1 Å². The third-order valence-corrected chi connectivity index (χ3v) is 2.66. The molecule has 0 fully saturated rings. The monoisotopic (exact) mass is 257 g/mol. The van der Waals surface area contributed by atoms with Gasteiger partial charge in [-0.05, 0) is 11.8 Å². The first-order valence-corrected chi connectivity index (χ1v) is 6.01. The lowest BCUT2D eigenvalue weighted by Gasteiger charge is -2.26. The van der Waals surface area contributed by atoms with Crippen molar-refractivity contribution in [2.45, 2.75) is 39.3 Å². The standard InChI is InChI=1S/C12H23N3O3/c1-12(2,3)9(17-5)10-14-11(18-15-10)8(13)6-7-16-4/h8-9H,6-7,13H2,1-5H3. The van der Waals surface area contributed by atoms with Crippen LogP contribution in [0.3, 0.4) is 0 Å². The summed E-state index contributed by atoms with van der Waals surface area (Å²) in [6.07, 6.45) is 0.426. The van der Waals surface area contributed by atoms with E-state index in [9.17, 15) is 0 Å². The average molecular weight is 257 g/mol. The first-order valence-electron chi connectivity index (χ1n) is 6.01. The fourth-order valence-corrected chi connectivity index (χ4v) is 1.72. The molecule has 2 N–H and O–H groups in total. The van der Waals surface area contributed by atoms with E-state index in [4.69, 9.17) is 19.7 Å². The van der Waals surface area contributed by atoms with Gasteiger partial charge in [0, 0.05) is 20.8 Å². The summed E-state index contributed by atoms with van der Waals surface area (Å²) in [4.78, 5) is 4.32. The second kappa shape index (κ2) is 6.26. The van der Waals surface area contributed by atoms with E-state index in [-0.39, 0.29) is 17.6 Å². The number of aromatic nitrogens is 2. The maximum Gasteiger partial charge on any atom is 0.243 e. The highest BCUT2D eigenvalue weighted by atomic mass is 16.5. The Kier molecular flexibility index (Phi) is 5.25. The van der Waals surface area contributed by atoms with Crippen molar-refractivity contribution in [1.82, 2.24) is 10.1 Å². The zero-order valence-corrected chi connectivity index (χ0v) is 11.8. The number of hydrogen-bond acceptors (Lipinski definition) is 6. The third-order valence-electron chi connectivity index (χ3n) is 2.66. The predicted molar refractivity (Wildman–Crippen MR) is 66.9 cm³/mol. The molecule has 1 aromatic heterocycles. The summed E-state index contributed by atoms with van der Waals surface area (Å²) < 4.78 is 15.6. The largest absolute Gasteiger partial charge is 0.385 e. The first kappa shape index (κ1) is 15.1. The lowest BCUT2D eigenvalue weighted by Crippen LogP contribution is -2.21. The van der Waals surface area contributed by atoms with Crippen LogP contribution in [0.15, 0.2) is 4.52 Å². The number of rotatable bonds is 6. The van der Waals surface area contributed by atoms with Crippen LogP contribution >= 0.6 is 0 Å².